The molecule has 2 N–H and O–H groups in total. The fourth-order valence-electron chi connectivity index (χ4n) is 1.31. The zero-order valence-corrected chi connectivity index (χ0v) is 11.9. The van der Waals surface area contributed by atoms with E-state index in [9.17, 15) is 9.59 Å². The molecule has 2 amide bonds. The third-order valence-corrected chi connectivity index (χ3v) is 2.58. The van der Waals surface area contributed by atoms with Gasteiger partial charge >= 0.3 is 11.8 Å². The van der Waals surface area contributed by atoms with E-state index in [1.807, 2.05) is 13.8 Å². The van der Waals surface area contributed by atoms with Crippen LogP contribution >= 0.6 is 11.6 Å². The van der Waals surface area contributed by atoms with Crippen LogP contribution in [0.2, 0.25) is 5.02 Å². The predicted octanol–water partition coefficient (Wildman–Crippen LogP) is 2.06. The predicted molar refractivity (Wildman–Crippen MR) is 74.5 cm³/mol. The highest BCUT2D eigenvalue weighted by Crippen LogP contribution is 2.27. The lowest BCUT2D eigenvalue weighted by molar-refractivity contribution is -0.136. The van der Waals surface area contributed by atoms with Crippen LogP contribution in [0.1, 0.15) is 13.8 Å². The minimum absolute atomic E-state index is 0.284. The third-order valence-electron chi connectivity index (χ3n) is 2.29. The highest BCUT2D eigenvalue weighted by Gasteiger charge is 2.14. The average Bonchev–Trinajstić information content (AvgIpc) is 2.36. The van der Waals surface area contributed by atoms with E-state index in [2.05, 4.69) is 10.6 Å². The zero-order chi connectivity index (χ0) is 14.4. The molecule has 1 aromatic carbocycles. The lowest BCUT2D eigenvalue weighted by Crippen LogP contribution is -2.37. The molecule has 0 aliphatic heterocycles. The summed E-state index contributed by atoms with van der Waals surface area (Å²) >= 11 is 5.92. The molecule has 5 nitrogen and oxygen atoms in total. The van der Waals surface area contributed by atoms with Crippen molar-refractivity contribution in [3.63, 3.8) is 0 Å². The smallest absolute Gasteiger partial charge is 0.313 e. The number of ether oxygens (including phenoxy) is 1. The first kappa shape index (κ1) is 15.3. The summed E-state index contributed by atoms with van der Waals surface area (Å²) in [4.78, 5) is 23.1. The second-order valence-electron chi connectivity index (χ2n) is 4.41. The average molecular weight is 285 g/mol. The standard InChI is InChI=1S/C13H17ClN2O3/c1-8(2)7-15-12(17)13(18)16-9-4-5-11(19-3)10(14)6-9/h4-6,8H,7H2,1-3H3,(H,15,17)(H,16,18). The lowest BCUT2D eigenvalue weighted by atomic mass is 10.2. The Kier molecular flexibility index (Phi) is 5.63. The van der Waals surface area contributed by atoms with Crippen LogP contribution in [0.15, 0.2) is 18.2 Å². The molecule has 0 fully saturated rings. The van der Waals surface area contributed by atoms with Crippen LogP contribution < -0.4 is 15.4 Å². The Balaban J connectivity index is 2.61. The van der Waals surface area contributed by atoms with Gasteiger partial charge in [0.05, 0.1) is 12.1 Å². The van der Waals surface area contributed by atoms with Crippen molar-refractivity contribution in [2.24, 2.45) is 5.92 Å². The molecule has 0 unspecified atom stereocenters. The molecule has 0 saturated heterocycles. The quantitative estimate of drug-likeness (QED) is 0.832. The zero-order valence-electron chi connectivity index (χ0n) is 11.1. The van der Waals surface area contributed by atoms with Gasteiger partial charge in [0.2, 0.25) is 0 Å². The van der Waals surface area contributed by atoms with E-state index in [4.69, 9.17) is 16.3 Å². The van der Waals surface area contributed by atoms with Gasteiger partial charge in [-0.05, 0) is 24.1 Å². The van der Waals surface area contributed by atoms with Crippen molar-refractivity contribution in [3.8, 4) is 5.75 Å². The molecule has 0 spiro atoms. The Bertz CT molecular complexity index is 475. The first-order chi connectivity index (χ1) is 8.93. The highest BCUT2D eigenvalue weighted by molar-refractivity contribution is 6.40. The molecule has 1 aromatic rings. The molecule has 1 rings (SSSR count). The monoisotopic (exact) mass is 284 g/mol. The minimum atomic E-state index is -0.720. The molecule has 0 atom stereocenters. The van der Waals surface area contributed by atoms with Gasteiger partial charge in [-0.15, -0.1) is 0 Å². The largest absolute Gasteiger partial charge is 0.495 e. The number of halogens is 1. The van der Waals surface area contributed by atoms with E-state index in [-0.39, 0.29) is 5.92 Å². The molecule has 0 bridgehead atoms. The number of methoxy groups -OCH3 is 1. The van der Waals surface area contributed by atoms with Gasteiger partial charge < -0.3 is 15.4 Å². The SMILES string of the molecule is COc1ccc(NC(=O)C(=O)NCC(C)C)cc1Cl. The first-order valence-electron chi connectivity index (χ1n) is 5.86. The molecule has 104 valence electrons. The molecule has 0 radical (unpaired) electrons. The van der Waals surface area contributed by atoms with Gasteiger partial charge in [-0.1, -0.05) is 25.4 Å². The fourth-order valence-corrected chi connectivity index (χ4v) is 1.57. The Labute approximate surface area is 117 Å². The number of amides is 2. The molecule has 6 heteroatoms. The number of hydrogen-bond donors (Lipinski definition) is 2. The van der Waals surface area contributed by atoms with Crippen molar-refractivity contribution in [3.05, 3.63) is 23.2 Å². The molecule has 0 aliphatic rings. The van der Waals surface area contributed by atoms with E-state index in [0.29, 0.717) is 23.0 Å². The van der Waals surface area contributed by atoms with E-state index >= 15 is 0 Å². The number of anilines is 1. The van der Waals surface area contributed by atoms with Crippen LogP contribution in [-0.2, 0) is 9.59 Å². The fraction of sp³-hybridized carbons (Fsp3) is 0.385. The van der Waals surface area contributed by atoms with Gasteiger partial charge in [-0.3, -0.25) is 9.59 Å². The summed E-state index contributed by atoms with van der Waals surface area (Å²) in [5.74, 6) is -0.598. The first-order valence-corrected chi connectivity index (χ1v) is 6.24. The molecule has 0 saturated carbocycles. The van der Waals surface area contributed by atoms with Crippen LogP contribution in [0.5, 0.6) is 5.75 Å². The summed E-state index contributed by atoms with van der Waals surface area (Å²) in [5.41, 5.74) is 0.440. The number of rotatable bonds is 4. The van der Waals surface area contributed by atoms with Crippen molar-refractivity contribution in [2.75, 3.05) is 19.0 Å². The van der Waals surface area contributed by atoms with Crippen molar-refractivity contribution >= 4 is 29.1 Å². The maximum absolute atomic E-state index is 11.6. The Morgan fingerprint density at radius 3 is 2.53 bits per heavy atom. The lowest BCUT2D eigenvalue weighted by Gasteiger charge is -2.09. The van der Waals surface area contributed by atoms with Gasteiger partial charge in [0.1, 0.15) is 5.75 Å². The summed E-state index contributed by atoms with van der Waals surface area (Å²) in [5, 5.41) is 5.36. The molecule has 0 heterocycles. The van der Waals surface area contributed by atoms with Gasteiger partial charge in [-0.25, -0.2) is 0 Å². The minimum Gasteiger partial charge on any atom is -0.495 e. The summed E-state index contributed by atoms with van der Waals surface area (Å²) in [7, 11) is 1.50. The van der Waals surface area contributed by atoms with Gasteiger partial charge in [0.15, 0.2) is 0 Å². The van der Waals surface area contributed by atoms with Crippen LogP contribution in [-0.4, -0.2) is 25.5 Å². The van der Waals surface area contributed by atoms with Crippen LogP contribution in [0.4, 0.5) is 5.69 Å². The topological polar surface area (TPSA) is 67.4 Å². The summed E-state index contributed by atoms with van der Waals surface area (Å²) in [6.45, 7) is 4.35. The molecular formula is C13H17ClN2O3. The number of hydrogen-bond acceptors (Lipinski definition) is 3. The maximum Gasteiger partial charge on any atom is 0.313 e. The number of benzene rings is 1. The number of nitrogens with one attached hydrogen (secondary N) is 2. The second-order valence-corrected chi connectivity index (χ2v) is 4.81. The van der Waals surface area contributed by atoms with E-state index in [1.165, 1.54) is 13.2 Å². The van der Waals surface area contributed by atoms with E-state index in [1.54, 1.807) is 12.1 Å². The third kappa shape index (κ3) is 4.79. The van der Waals surface area contributed by atoms with Crippen molar-refractivity contribution in [1.29, 1.82) is 0 Å². The molecular weight excluding hydrogens is 268 g/mol. The van der Waals surface area contributed by atoms with Crippen molar-refractivity contribution < 1.29 is 14.3 Å². The van der Waals surface area contributed by atoms with Crippen LogP contribution in [0, 0.1) is 5.92 Å². The Morgan fingerprint density at radius 2 is 2.00 bits per heavy atom. The number of carbonyl (C=O) groups is 2. The number of carbonyl (C=O) groups excluding carboxylic acids is 2. The highest BCUT2D eigenvalue weighted by atomic mass is 35.5. The van der Waals surface area contributed by atoms with Gasteiger partial charge in [0.25, 0.3) is 0 Å². The second kappa shape index (κ2) is 6.99. The van der Waals surface area contributed by atoms with Crippen LogP contribution in [0.3, 0.4) is 0 Å². The van der Waals surface area contributed by atoms with Crippen molar-refractivity contribution in [1.82, 2.24) is 5.32 Å². The van der Waals surface area contributed by atoms with E-state index < -0.39 is 11.8 Å². The molecule has 19 heavy (non-hydrogen) atoms. The van der Waals surface area contributed by atoms with Crippen LogP contribution in [0.25, 0.3) is 0 Å². The Hall–Kier alpha value is -1.75. The van der Waals surface area contributed by atoms with Crippen molar-refractivity contribution in [2.45, 2.75) is 13.8 Å². The summed E-state index contributed by atoms with van der Waals surface area (Å²) in [6, 6.07) is 4.75. The molecule has 0 aliphatic carbocycles. The maximum atomic E-state index is 11.6. The molecule has 0 aromatic heterocycles. The summed E-state index contributed by atoms with van der Waals surface area (Å²) < 4.78 is 4.99. The Morgan fingerprint density at radius 1 is 1.32 bits per heavy atom. The van der Waals surface area contributed by atoms with E-state index in [0.717, 1.165) is 0 Å². The normalized spacial score (nSPS) is 10.2. The summed E-state index contributed by atoms with van der Waals surface area (Å²) in [6.07, 6.45) is 0. The van der Waals surface area contributed by atoms with Gasteiger partial charge in [0, 0.05) is 12.2 Å². The van der Waals surface area contributed by atoms with Gasteiger partial charge in [-0.2, -0.15) is 0 Å².